The molecular formula is C14H12ClNO3. The molecule has 5 heteroatoms. The van der Waals surface area contributed by atoms with Crippen LogP contribution in [0.2, 0.25) is 0 Å². The van der Waals surface area contributed by atoms with Crippen molar-refractivity contribution in [3.63, 3.8) is 0 Å². The predicted octanol–water partition coefficient (Wildman–Crippen LogP) is 3.90. The fourth-order valence-electron chi connectivity index (χ4n) is 2.29. The molecule has 3 rings (SSSR count). The molecule has 1 aliphatic rings. The van der Waals surface area contributed by atoms with Gasteiger partial charge in [-0.1, -0.05) is 18.2 Å². The van der Waals surface area contributed by atoms with Gasteiger partial charge in [-0.25, -0.2) is 0 Å². The summed E-state index contributed by atoms with van der Waals surface area (Å²) in [4.78, 5) is 10.6. The fourth-order valence-corrected chi connectivity index (χ4v) is 2.69. The van der Waals surface area contributed by atoms with Gasteiger partial charge >= 0.3 is 0 Å². The van der Waals surface area contributed by atoms with E-state index in [0.717, 1.165) is 18.2 Å². The summed E-state index contributed by atoms with van der Waals surface area (Å²) in [6, 6.07) is 10.4. The number of alkyl halides is 1. The lowest BCUT2D eigenvalue weighted by Crippen LogP contribution is -2.34. The van der Waals surface area contributed by atoms with E-state index in [0.29, 0.717) is 11.1 Å². The number of halogens is 1. The van der Waals surface area contributed by atoms with Crippen LogP contribution in [-0.2, 0) is 0 Å². The van der Waals surface area contributed by atoms with Crippen molar-refractivity contribution in [1.29, 1.82) is 0 Å². The quantitative estimate of drug-likeness (QED) is 0.486. The monoisotopic (exact) mass is 277 g/mol. The van der Waals surface area contributed by atoms with Crippen molar-refractivity contribution in [2.45, 2.75) is 24.3 Å². The molecule has 0 saturated heterocycles. The van der Waals surface area contributed by atoms with Crippen LogP contribution in [0.1, 0.15) is 12.8 Å². The average Bonchev–Trinajstić information content (AvgIpc) is 2.36. The van der Waals surface area contributed by atoms with Crippen molar-refractivity contribution >= 4 is 28.1 Å². The first-order valence-electron chi connectivity index (χ1n) is 6.12. The van der Waals surface area contributed by atoms with E-state index in [9.17, 15) is 10.1 Å². The maximum Gasteiger partial charge on any atom is 0.277 e. The number of hydrogen-bond acceptors (Lipinski definition) is 3. The van der Waals surface area contributed by atoms with Crippen LogP contribution >= 0.6 is 11.6 Å². The molecule has 0 aliphatic heterocycles. The standard InChI is InChI=1S/C14H12ClNO3/c15-9-7-10(8-9)19-14-6-5-13(16(17)18)11-3-1-2-4-12(11)14/h1-6,9-10H,7-8H2. The Bertz CT molecular complexity index is 638. The molecule has 0 N–H and O–H groups in total. The van der Waals surface area contributed by atoms with Crippen molar-refractivity contribution in [2.24, 2.45) is 0 Å². The molecule has 1 aliphatic carbocycles. The van der Waals surface area contributed by atoms with Gasteiger partial charge in [0.05, 0.1) is 10.3 Å². The third kappa shape index (κ3) is 2.24. The molecule has 0 heterocycles. The minimum absolute atomic E-state index is 0.103. The number of hydrogen-bond donors (Lipinski definition) is 0. The van der Waals surface area contributed by atoms with E-state index >= 15 is 0 Å². The van der Waals surface area contributed by atoms with E-state index in [-0.39, 0.29) is 22.1 Å². The van der Waals surface area contributed by atoms with Crippen LogP contribution in [-0.4, -0.2) is 16.4 Å². The van der Waals surface area contributed by atoms with Gasteiger partial charge in [0, 0.05) is 29.7 Å². The van der Waals surface area contributed by atoms with Crippen LogP contribution in [0.15, 0.2) is 36.4 Å². The van der Waals surface area contributed by atoms with Crippen molar-refractivity contribution in [3.05, 3.63) is 46.5 Å². The van der Waals surface area contributed by atoms with E-state index in [4.69, 9.17) is 16.3 Å². The smallest absolute Gasteiger partial charge is 0.277 e. The third-order valence-electron chi connectivity index (χ3n) is 3.39. The van der Waals surface area contributed by atoms with Gasteiger partial charge in [0.1, 0.15) is 11.9 Å². The Kier molecular flexibility index (Phi) is 3.03. The predicted molar refractivity (Wildman–Crippen MR) is 73.9 cm³/mol. The largest absolute Gasteiger partial charge is 0.490 e. The molecule has 19 heavy (non-hydrogen) atoms. The maximum absolute atomic E-state index is 11.0. The lowest BCUT2D eigenvalue weighted by molar-refractivity contribution is -0.383. The first kappa shape index (κ1) is 12.2. The minimum Gasteiger partial charge on any atom is -0.490 e. The molecule has 4 nitrogen and oxygen atoms in total. The van der Waals surface area contributed by atoms with Gasteiger partial charge in [-0.2, -0.15) is 0 Å². The molecule has 1 fully saturated rings. The fraction of sp³-hybridized carbons (Fsp3) is 0.286. The molecule has 98 valence electrons. The van der Waals surface area contributed by atoms with Crippen molar-refractivity contribution in [2.75, 3.05) is 0 Å². The number of ether oxygens (including phenoxy) is 1. The highest BCUT2D eigenvalue weighted by molar-refractivity contribution is 6.21. The number of rotatable bonds is 3. The zero-order chi connectivity index (χ0) is 13.4. The van der Waals surface area contributed by atoms with Crippen molar-refractivity contribution in [1.82, 2.24) is 0 Å². The van der Waals surface area contributed by atoms with Crippen molar-refractivity contribution in [3.8, 4) is 5.75 Å². The van der Waals surface area contributed by atoms with Crippen LogP contribution in [0.5, 0.6) is 5.75 Å². The number of nitro groups is 1. The Morgan fingerprint density at radius 2 is 1.84 bits per heavy atom. The van der Waals surface area contributed by atoms with Crippen LogP contribution in [0.25, 0.3) is 10.8 Å². The van der Waals surface area contributed by atoms with Crippen molar-refractivity contribution < 1.29 is 9.66 Å². The normalized spacial score (nSPS) is 21.9. The Balaban J connectivity index is 2.01. The van der Waals surface area contributed by atoms with Gasteiger partial charge < -0.3 is 4.74 Å². The Morgan fingerprint density at radius 3 is 2.47 bits per heavy atom. The zero-order valence-electron chi connectivity index (χ0n) is 10.1. The first-order chi connectivity index (χ1) is 9.15. The van der Waals surface area contributed by atoms with Gasteiger partial charge in [0.2, 0.25) is 0 Å². The van der Waals surface area contributed by atoms with Gasteiger partial charge in [0.25, 0.3) is 5.69 Å². The average molecular weight is 278 g/mol. The second-order valence-electron chi connectivity index (χ2n) is 4.69. The van der Waals surface area contributed by atoms with E-state index in [2.05, 4.69) is 0 Å². The molecule has 0 bridgehead atoms. The van der Waals surface area contributed by atoms with Crippen LogP contribution in [0, 0.1) is 10.1 Å². The van der Waals surface area contributed by atoms with Gasteiger partial charge in [-0.3, -0.25) is 10.1 Å². The molecule has 2 aromatic carbocycles. The summed E-state index contributed by atoms with van der Waals surface area (Å²) < 4.78 is 5.86. The second-order valence-corrected chi connectivity index (χ2v) is 5.31. The Hall–Kier alpha value is -1.81. The van der Waals surface area contributed by atoms with Crippen LogP contribution in [0.3, 0.4) is 0 Å². The summed E-state index contributed by atoms with van der Waals surface area (Å²) in [6.45, 7) is 0. The maximum atomic E-state index is 11.0. The van der Waals surface area contributed by atoms with Crippen LogP contribution < -0.4 is 4.74 Å². The summed E-state index contributed by atoms with van der Waals surface area (Å²) in [7, 11) is 0. The van der Waals surface area contributed by atoms with Gasteiger partial charge in [-0.15, -0.1) is 11.6 Å². The molecule has 0 amide bonds. The zero-order valence-corrected chi connectivity index (χ0v) is 10.8. The summed E-state index contributed by atoms with van der Waals surface area (Å²) >= 11 is 5.93. The first-order valence-corrected chi connectivity index (χ1v) is 6.55. The molecule has 0 atom stereocenters. The highest BCUT2D eigenvalue weighted by Gasteiger charge is 2.29. The van der Waals surface area contributed by atoms with Gasteiger partial charge in [-0.05, 0) is 12.1 Å². The number of nitrogens with zero attached hydrogens (tertiary/aromatic N) is 1. The summed E-state index contributed by atoms with van der Waals surface area (Å²) in [5.41, 5.74) is 0.103. The summed E-state index contributed by atoms with van der Waals surface area (Å²) in [6.07, 6.45) is 1.77. The van der Waals surface area contributed by atoms with E-state index in [1.807, 2.05) is 12.1 Å². The second kappa shape index (κ2) is 4.70. The number of fused-ring (bicyclic) bond motifs is 1. The Labute approximate surface area is 115 Å². The van der Waals surface area contributed by atoms with E-state index in [1.165, 1.54) is 6.07 Å². The van der Waals surface area contributed by atoms with Crippen LogP contribution in [0.4, 0.5) is 5.69 Å². The number of nitro benzene ring substituents is 1. The number of benzene rings is 2. The molecule has 0 aromatic heterocycles. The SMILES string of the molecule is O=[N+]([O-])c1ccc(OC2CC(Cl)C2)c2ccccc12. The van der Waals surface area contributed by atoms with E-state index in [1.54, 1.807) is 18.2 Å². The third-order valence-corrected chi connectivity index (χ3v) is 3.75. The lowest BCUT2D eigenvalue weighted by atomic mass is 9.95. The molecule has 2 aromatic rings. The topological polar surface area (TPSA) is 52.4 Å². The summed E-state index contributed by atoms with van der Waals surface area (Å²) in [5, 5.41) is 12.6. The lowest BCUT2D eigenvalue weighted by Gasteiger charge is -2.31. The Morgan fingerprint density at radius 1 is 1.16 bits per heavy atom. The molecule has 1 saturated carbocycles. The van der Waals surface area contributed by atoms with Gasteiger partial charge in [0.15, 0.2) is 0 Å². The van der Waals surface area contributed by atoms with E-state index < -0.39 is 0 Å². The summed E-state index contributed by atoms with van der Waals surface area (Å²) in [5.74, 6) is 0.690. The molecule has 0 radical (unpaired) electrons. The molecule has 0 unspecified atom stereocenters. The minimum atomic E-state index is -0.371. The highest BCUT2D eigenvalue weighted by Crippen LogP contribution is 2.36. The highest BCUT2D eigenvalue weighted by atomic mass is 35.5. The molecular weight excluding hydrogens is 266 g/mol. The number of non-ortho nitro benzene ring substituents is 1. The molecule has 0 spiro atoms.